The lowest BCUT2D eigenvalue weighted by Crippen LogP contribution is -2.56. The Kier molecular flexibility index (Phi) is 9.89. The van der Waals surface area contributed by atoms with Crippen molar-refractivity contribution in [3.8, 4) is 22.9 Å². The number of carboxylic acid groups (broad SMARTS) is 1. The number of rotatable bonds is 6. The van der Waals surface area contributed by atoms with Crippen LogP contribution in [0.1, 0.15) is 71.8 Å². The van der Waals surface area contributed by atoms with Crippen molar-refractivity contribution in [2.75, 3.05) is 6.54 Å². The van der Waals surface area contributed by atoms with E-state index in [-0.39, 0.29) is 25.3 Å². The Labute approximate surface area is 290 Å². The monoisotopic (exact) mass is 685 g/mol. The minimum Gasteiger partial charge on any atom is -0.479 e. The van der Waals surface area contributed by atoms with E-state index in [1.807, 2.05) is 60.7 Å². The number of amides is 3. The molecule has 1 saturated heterocycles. The van der Waals surface area contributed by atoms with Gasteiger partial charge in [0.15, 0.2) is 0 Å². The lowest BCUT2D eigenvalue weighted by molar-refractivity contribution is -0.145. The molecule has 2 fully saturated rings. The van der Waals surface area contributed by atoms with Crippen molar-refractivity contribution in [3.05, 3.63) is 66.7 Å². The van der Waals surface area contributed by atoms with Crippen LogP contribution >= 0.6 is 0 Å². The van der Waals surface area contributed by atoms with Crippen molar-refractivity contribution in [2.45, 2.75) is 95.0 Å². The van der Waals surface area contributed by atoms with Gasteiger partial charge in [0.1, 0.15) is 34.7 Å². The molecule has 2 aliphatic heterocycles. The summed E-state index contributed by atoms with van der Waals surface area (Å²) in [6, 6.07) is 14.1. The summed E-state index contributed by atoms with van der Waals surface area (Å²) in [4.78, 5) is 56.3. The molecule has 3 N–H and O–H groups in total. The number of tetrazole rings is 1. The fourth-order valence-corrected chi connectivity index (χ4v) is 6.51. The molecule has 1 aliphatic carbocycles. The summed E-state index contributed by atoms with van der Waals surface area (Å²) < 4.78 is 11.4. The van der Waals surface area contributed by atoms with E-state index in [0.29, 0.717) is 35.7 Å². The highest BCUT2D eigenvalue weighted by Crippen LogP contribution is 2.45. The summed E-state index contributed by atoms with van der Waals surface area (Å²) in [5.41, 5.74) is -1.57. The van der Waals surface area contributed by atoms with Crippen LogP contribution in [0.15, 0.2) is 66.7 Å². The van der Waals surface area contributed by atoms with Gasteiger partial charge in [-0.2, -0.15) is 4.80 Å². The van der Waals surface area contributed by atoms with Crippen molar-refractivity contribution in [3.63, 3.8) is 0 Å². The third kappa shape index (κ3) is 7.95. The Morgan fingerprint density at radius 3 is 2.58 bits per heavy atom. The Balaban J connectivity index is 1.27. The number of allylic oxidation sites excluding steroid dienone is 1. The first-order valence-electron chi connectivity index (χ1n) is 17.1. The fourth-order valence-electron chi connectivity index (χ4n) is 6.51. The second-order valence-electron chi connectivity index (χ2n) is 14.1. The summed E-state index contributed by atoms with van der Waals surface area (Å²) >= 11 is 0. The predicted molar refractivity (Wildman–Crippen MR) is 181 cm³/mol. The molecule has 1 saturated carbocycles. The summed E-state index contributed by atoms with van der Waals surface area (Å²) in [5.74, 6) is -0.934. The van der Waals surface area contributed by atoms with E-state index in [2.05, 4.69) is 26.0 Å². The third-order valence-electron chi connectivity index (χ3n) is 9.15. The van der Waals surface area contributed by atoms with E-state index >= 15 is 0 Å². The van der Waals surface area contributed by atoms with E-state index in [4.69, 9.17) is 9.47 Å². The quantitative estimate of drug-likeness (QED) is 0.310. The van der Waals surface area contributed by atoms with E-state index in [1.165, 1.54) is 9.70 Å². The number of benzene rings is 2. The molecular weight excluding hydrogens is 642 g/mol. The zero-order valence-corrected chi connectivity index (χ0v) is 28.4. The predicted octanol–water partition coefficient (Wildman–Crippen LogP) is 4.65. The second-order valence-corrected chi connectivity index (χ2v) is 14.1. The van der Waals surface area contributed by atoms with E-state index < -0.39 is 53.1 Å². The second kappa shape index (κ2) is 14.3. The first kappa shape index (κ1) is 34.6. The zero-order chi connectivity index (χ0) is 35.5. The minimum atomic E-state index is -1.44. The molecule has 0 bridgehead atoms. The molecule has 0 radical (unpaired) electrons. The number of aliphatic carboxylic acids is 1. The summed E-state index contributed by atoms with van der Waals surface area (Å²) in [5, 5.41) is 28.8. The van der Waals surface area contributed by atoms with Crippen molar-refractivity contribution in [1.82, 2.24) is 35.7 Å². The van der Waals surface area contributed by atoms with Gasteiger partial charge in [0.25, 0.3) is 0 Å². The van der Waals surface area contributed by atoms with Crippen LogP contribution in [0.25, 0.3) is 11.4 Å². The van der Waals surface area contributed by atoms with Gasteiger partial charge in [-0.1, -0.05) is 55.3 Å². The molecule has 6 rings (SSSR count). The lowest BCUT2D eigenvalue weighted by Gasteiger charge is -2.30. The molecule has 3 aromatic rings. The van der Waals surface area contributed by atoms with E-state index in [1.54, 1.807) is 26.8 Å². The van der Waals surface area contributed by atoms with Crippen LogP contribution in [0.5, 0.6) is 11.5 Å². The number of alkyl carbamates (subject to hydrolysis) is 1. The Bertz CT molecular complexity index is 1750. The smallest absolute Gasteiger partial charge is 0.408 e. The van der Waals surface area contributed by atoms with Gasteiger partial charge in [-0.25, -0.2) is 9.59 Å². The molecule has 0 spiro atoms. The number of nitrogens with one attached hydrogen (secondary N) is 2. The topological polar surface area (TPSA) is 178 Å². The molecule has 0 unspecified atom stereocenters. The van der Waals surface area contributed by atoms with Gasteiger partial charge < -0.3 is 30.1 Å². The maximum atomic E-state index is 14.3. The molecule has 50 heavy (non-hydrogen) atoms. The maximum Gasteiger partial charge on any atom is 0.408 e. The van der Waals surface area contributed by atoms with E-state index in [0.717, 1.165) is 19.3 Å². The molecule has 264 valence electrons. The van der Waals surface area contributed by atoms with Gasteiger partial charge in [0, 0.05) is 24.4 Å². The summed E-state index contributed by atoms with van der Waals surface area (Å²) in [6.07, 6.45) is 6.82. The molecule has 3 amide bonds. The van der Waals surface area contributed by atoms with Gasteiger partial charge in [0.2, 0.25) is 17.6 Å². The maximum absolute atomic E-state index is 14.3. The van der Waals surface area contributed by atoms with Crippen molar-refractivity contribution >= 4 is 23.9 Å². The highest BCUT2D eigenvalue weighted by atomic mass is 16.6. The molecular formula is C36H43N7O7. The first-order chi connectivity index (χ1) is 23.9. The highest BCUT2D eigenvalue weighted by Gasteiger charge is 2.61. The van der Waals surface area contributed by atoms with Crippen LogP contribution < -0.4 is 15.4 Å². The molecule has 5 atom stereocenters. The summed E-state index contributed by atoms with van der Waals surface area (Å²) in [7, 11) is 0. The minimum absolute atomic E-state index is 0.0414. The van der Waals surface area contributed by atoms with Crippen molar-refractivity contribution in [1.29, 1.82) is 0 Å². The SMILES string of the molecule is CC(C)(C)OC(=O)N[C@H]1CCCCC/C=C\[C@@H]2C[C@@]2(C(=O)O)NC(=O)[C@@H]2C[C@@H](n3nnc(-c4cccc(Oc5ccccc5)c4)n3)CN2C1=O. The van der Waals surface area contributed by atoms with Crippen molar-refractivity contribution in [2.24, 2.45) is 5.92 Å². The number of para-hydroxylation sites is 1. The van der Waals surface area contributed by atoms with Gasteiger partial charge in [-0.3, -0.25) is 9.59 Å². The molecule has 14 heteroatoms. The fraction of sp³-hybridized carbons (Fsp3) is 0.472. The molecule has 14 nitrogen and oxygen atoms in total. The number of ether oxygens (including phenoxy) is 2. The number of hydrogen-bond donors (Lipinski definition) is 3. The Hall–Kier alpha value is -5.27. The van der Waals surface area contributed by atoms with Crippen LogP contribution in [0, 0.1) is 5.92 Å². The van der Waals surface area contributed by atoms with Gasteiger partial charge in [0.05, 0.1) is 6.04 Å². The summed E-state index contributed by atoms with van der Waals surface area (Å²) in [6.45, 7) is 5.25. The Morgan fingerprint density at radius 1 is 1.04 bits per heavy atom. The average Bonchev–Trinajstić information content (AvgIpc) is 3.37. The van der Waals surface area contributed by atoms with E-state index in [9.17, 15) is 24.3 Å². The standard InChI is InChI=1S/C36H43N7O7/c1-35(2,3)50-34(48)37-28-18-11-6-4-5-8-14-24-21-36(24,33(46)47)38-31(44)29-20-25(22-42(29)32(28)45)43-40-30(39-41-43)23-13-12-17-27(19-23)49-26-15-9-7-10-16-26/h7-10,12-17,19,24-25,28-29H,4-6,11,18,20-22H2,1-3H3,(H,37,48)(H,38,44)(H,46,47)/b14-8-/t24-,25-,28+,29+,36-/m1/s1. The van der Waals surface area contributed by atoms with Crippen LogP contribution in [-0.2, 0) is 19.1 Å². The number of fused-ring (bicyclic) bond motifs is 2. The zero-order valence-electron chi connectivity index (χ0n) is 28.4. The van der Waals surface area contributed by atoms with Crippen LogP contribution in [0.3, 0.4) is 0 Å². The van der Waals surface area contributed by atoms with Crippen LogP contribution in [-0.4, -0.2) is 83.9 Å². The van der Waals surface area contributed by atoms with Gasteiger partial charge in [-0.05, 0) is 75.9 Å². The van der Waals surface area contributed by atoms with Crippen LogP contribution in [0.4, 0.5) is 4.79 Å². The number of nitrogens with zero attached hydrogens (tertiary/aromatic N) is 5. The third-order valence-corrected chi connectivity index (χ3v) is 9.15. The van der Waals surface area contributed by atoms with Crippen LogP contribution in [0.2, 0.25) is 0 Å². The molecule has 1 aromatic heterocycles. The molecule has 3 heterocycles. The largest absolute Gasteiger partial charge is 0.479 e. The number of carbonyl (C=O) groups excluding carboxylic acids is 3. The first-order valence-corrected chi connectivity index (χ1v) is 17.1. The Morgan fingerprint density at radius 2 is 1.82 bits per heavy atom. The van der Waals surface area contributed by atoms with Gasteiger partial charge >= 0.3 is 12.1 Å². The van der Waals surface area contributed by atoms with Gasteiger partial charge in [-0.15, -0.1) is 10.2 Å². The number of carbonyl (C=O) groups is 4. The molecule has 3 aliphatic rings. The number of hydrogen-bond acceptors (Lipinski definition) is 9. The number of carboxylic acids is 1. The van der Waals surface area contributed by atoms with Crippen molar-refractivity contribution < 1.29 is 33.8 Å². The number of aromatic nitrogens is 4. The normalized spacial score (nSPS) is 26.3. The molecule has 2 aromatic carbocycles. The lowest BCUT2D eigenvalue weighted by atomic mass is 10.0. The highest BCUT2D eigenvalue weighted by molar-refractivity contribution is 5.96. The average molecular weight is 686 g/mol.